The molecule has 0 spiro atoms. The summed E-state index contributed by atoms with van der Waals surface area (Å²) >= 11 is 5.95. The Balaban J connectivity index is 1.67. The molecular weight excluding hydrogens is 350 g/mol. The van der Waals surface area contributed by atoms with Crippen LogP contribution in [0, 0.1) is 25.7 Å². The predicted molar refractivity (Wildman–Crippen MR) is 100 cm³/mol. The van der Waals surface area contributed by atoms with Crippen LogP contribution in [-0.2, 0) is 16.1 Å². The number of fused-ring (bicyclic) bond motifs is 1. The summed E-state index contributed by atoms with van der Waals surface area (Å²) in [6.07, 6.45) is 3.70. The maximum absolute atomic E-state index is 12.9. The molecule has 0 unspecified atom stereocenters. The number of carbonyl (C=O) groups is 2. The molecular formula is C20H22ClN3O2. The van der Waals surface area contributed by atoms with Crippen LogP contribution in [0.5, 0.6) is 0 Å². The number of hydrogen-bond acceptors (Lipinski definition) is 3. The smallest absolute Gasteiger partial charge is 0.237 e. The van der Waals surface area contributed by atoms with Crippen molar-refractivity contribution >= 4 is 29.1 Å². The molecule has 1 aliphatic carbocycles. The Morgan fingerprint density at radius 3 is 2.19 bits per heavy atom. The third-order valence-electron chi connectivity index (χ3n) is 5.65. The number of carbonyl (C=O) groups excluding carboxylic acids is 2. The number of aryl methyl sites for hydroxylation is 1. The van der Waals surface area contributed by atoms with Gasteiger partial charge in [0.25, 0.3) is 0 Å². The van der Waals surface area contributed by atoms with Crippen LogP contribution in [0.4, 0.5) is 5.69 Å². The molecule has 0 N–H and O–H groups in total. The van der Waals surface area contributed by atoms with Crippen LogP contribution >= 0.6 is 11.6 Å². The molecule has 1 saturated heterocycles. The highest BCUT2D eigenvalue weighted by atomic mass is 35.5. The van der Waals surface area contributed by atoms with Gasteiger partial charge in [-0.15, -0.1) is 0 Å². The molecule has 1 aromatic carbocycles. The average Bonchev–Trinajstić information content (AvgIpc) is 3.04. The van der Waals surface area contributed by atoms with E-state index in [9.17, 15) is 9.59 Å². The maximum Gasteiger partial charge on any atom is 0.237 e. The van der Waals surface area contributed by atoms with E-state index in [-0.39, 0.29) is 23.7 Å². The zero-order valence-electron chi connectivity index (χ0n) is 15.0. The number of amides is 2. The van der Waals surface area contributed by atoms with Crippen molar-refractivity contribution in [2.24, 2.45) is 11.8 Å². The van der Waals surface area contributed by atoms with Gasteiger partial charge in [0, 0.05) is 5.02 Å². The highest BCUT2D eigenvalue weighted by Crippen LogP contribution is 2.41. The number of anilines is 1. The second kappa shape index (κ2) is 6.54. The lowest BCUT2D eigenvalue weighted by Gasteiger charge is -2.19. The molecule has 1 aromatic heterocycles. The largest absolute Gasteiger partial charge is 0.274 e. The van der Waals surface area contributed by atoms with Crippen LogP contribution in [0.1, 0.15) is 42.6 Å². The quantitative estimate of drug-likeness (QED) is 0.769. The van der Waals surface area contributed by atoms with Gasteiger partial charge in [0.1, 0.15) is 0 Å². The molecule has 4 rings (SSSR count). The molecule has 2 atom stereocenters. The summed E-state index contributed by atoms with van der Waals surface area (Å²) in [5, 5.41) is 5.29. The molecule has 1 aliphatic heterocycles. The summed E-state index contributed by atoms with van der Waals surface area (Å²) in [5.74, 6) is -0.377. The Labute approximate surface area is 157 Å². The zero-order valence-corrected chi connectivity index (χ0v) is 15.8. The highest BCUT2D eigenvalue weighted by Gasteiger charge is 2.49. The number of imide groups is 1. The van der Waals surface area contributed by atoms with Crippen molar-refractivity contribution in [1.82, 2.24) is 9.78 Å². The molecule has 2 aromatic rings. The molecule has 136 valence electrons. The molecule has 2 amide bonds. The van der Waals surface area contributed by atoms with Gasteiger partial charge in [-0.2, -0.15) is 5.10 Å². The Bertz CT molecular complexity index is 848. The van der Waals surface area contributed by atoms with Crippen molar-refractivity contribution in [3.8, 4) is 0 Å². The standard InChI is InChI=1S/C20H22ClN3O2/c1-12-18(24-19(25)16-5-3-4-6-17(16)20(24)26)13(2)23(22-12)11-14-7-9-15(21)10-8-14/h7-10,16-17H,3-6,11H2,1-2H3/t16-,17+. The van der Waals surface area contributed by atoms with Gasteiger partial charge in [0.05, 0.1) is 35.5 Å². The molecule has 2 aliphatic rings. The van der Waals surface area contributed by atoms with Gasteiger partial charge in [-0.3, -0.25) is 14.3 Å². The topological polar surface area (TPSA) is 55.2 Å². The first-order valence-electron chi connectivity index (χ1n) is 9.13. The fourth-order valence-electron chi connectivity index (χ4n) is 4.31. The Morgan fingerprint density at radius 1 is 1.04 bits per heavy atom. The van der Waals surface area contributed by atoms with E-state index in [1.807, 2.05) is 42.8 Å². The van der Waals surface area contributed by atoms with Crippen LogP contribution in [0.25, 0.3) is 0 Å². The predicted octanol–water partition coefficient (Wildman–Crippen LogP) is 3.88. The van der Waals surface area contributed by atoms with Crippen LogP contribution in [-0.4, -0.2) is 21.6 Å². The van der Waals surface area contributed by atoms with E-state index in [0.29, 0.717) is 17.3 Å². The van der Waals surface area contributed by atoms with Crippen LogP contribution in [0.15, 0.2) is 24.3 Å². The summed E-state index contributed by atoms with van der Waals surface area (Å²) in [6, 6.07) is 7.61. The third kappa shape index (κ3) is 2.75. The maximum atomic E-state index is 12.9. The van der Waals surface area contributed by atoms with Crippen LogP contribution in [0.3, 0.4) is 0 Å². The van der Waals surface area contributed by atoms with E-state index in [0.717, 1.165) is 42.6 Å². The lowest BCUT2D eigenvalue weighted by atomic mass is 9.81. The van der Waals surface area contributed by atoms with E-state index in [2.05, 4.69) is 5.10 Å². The second-order valence-corrected chi connectivity index (χ2v) is 7.75. The Kier molecular flexibility index (Phi) is 4.35. The fraction of sp³-hybridized carbons (Fsp3) is 0.450. The van der Waals surface area contributed by atoms with Gasteiger partial charge >= 0.3 is 0 Å². The van der Waals surface area contributed by atoms with Crippen molar-refractivity contribution in [3.63, 3.8) is 0 Å². The fourth-order valence-corrected chi connectivity index (χ4v) is 4.44. The van der Waals surface area contributed by atoms with Crippen molar-refractivity contribution in [1.29, 1.82) is 0 Å². The van der Waals surface area contributed by atoms with Gasteiger partial charge in [0.2, 0.25) is 11.8 Å². The average molecular weight is 372 g/mol. The molecule has 2 fully saturated rings. The monoisotopic (exact) mass is 371 g/mol. The van der Waals surface area contributed by atoms with Crippen molar-refractivity contribution < 1.29 is 9.59 Å². The molecule has 6 heteroatoms. The number of nitrogens with zero attached hydrogens (tertiary/aromatic N) is 3. The summed E-state index contributed by atoms with van der Waals surface area (Å²) < 4.78 is 1.86. The lowest BCUT2D eigenvalue weighted by Crippen LogP contribution is -2.31. The highest BCUT2D eigenvalue weighted by molar-refractivity contribution is 6.30. The second-order valence-electron chi connectivity index (χ2n) is 7.31. The van der Waals surface area contributed by atoms with Gasteiger partial charge in [0.15, 0.2) is 0 Å². The Hall–Kier alpha value is -2.14. The SMILES string of the molecule is Cc1nn(Cc2ccc(Cl)cc2)c(C)c1N1C(=O)[C@H]2CCCC[C@H]2C1=O. The molecule has 2 heterocycles. The van der Waals surface area contributed by atoms with Gasteiger partial charge in [-0.05, 0) is 44.4 Å². The number of aromatic nitrogens is 2. The normalized spacial score (nSPS) is 22.8. The molecule has 26 heavy (non-hydrogen) atoms. The van der Waals surface area contributed by atoms with E-state index >= 15 is 0 Å². The van der Waals surface area contributed by atoms with Gasteiger partial charge in [-0.1, -0.05) is 36.6 Å². The van der Waals surface area contributed by atoms with Crippen molar-refractivity contribution in [2.45, 2.75) is 46.1 Å². The first-order valence-corrected chi connectivity index (χ1v) is 9.51. The number of hydrogen-bond donors (Lipinski definition) is 0. The van der Waals surface area contributed by atoms with Crippen LogP contribution in [0.2, 0.25) is 5.02 Å². The van der Waals surface area contributed by atoms with E-state index in [4.69, 9.17) is 11.6 Å². The third-order valence-corrected chi connectivity index (χ3v) is 5.91. The zero-order chi connectivity index (χ0) is 18.4. The molecule has 1 saturated carbocycles. The molecule has 0 bridgehead atoms. The summed E-state index contributed by atoms with van der Waals surface area (Å²) in [7, 11) is 0. The first kappa shape index (κ1) is 17.3. The summed E-state index contributed by atoms with van der Waals surface area (Å²) in [6.45, 7) is 4.37. The van der Waals surface area contributed by atoms with E-state index in [1.165, 1.54) is 4.90 Å². The first-order chi connectivity index (χ1) is 12.5. The number of benzene rings is 1. The number of halogens is 1. The number of rotatable bonds is 3. The van der Waals surface area contributed by atoms with Gasteiger partial charge < -0.3 is 0 Å². The minimum Gasteiger partial charge on any atom is -0.274 e. The Morgan fingerprint density at radius 2 is 1.62 bits per heavy atom. The van der Waals surface area contributed by atoms with E-state index < -0.39 is 0 Å². The van der Waals surface area contributed by atoms with Gasteiger partial charge in [-0.25, -0.2) is 4.90 Å². The van der Waals surface area contributed by atoms with E-state index in [1.54, 1.807) is 0 Å². The minimum absolute atomic E-state index is 0.0445. The summed E-state index contributed by atoms with van der Waals surface area (Å²) in [5.41, 5.74) is 3.30. The van der Waals surface area contributed by atoms with Crippen molar-refractivity contribution in [3.05, 3.63) is 46.2 Å². The lowest BCUT2D eigenvalue weighted by molar-refractivity contribution is -0.122. The summed E-state index contributed by atoms with van der Waals surface area (Å²) in [4.78, 5) is 27.2. The molecule has 5 nitrogen and oxygen atoms in total. The minimum atomic E-state index is -0.144. The molecule has 0 radical (unpaired) electrons. The van der Waals surface area contributed by atoms with Crippen molar-refractivity contribution in [2.75, 3.05) is 4.90 Å². The van der Waals surface area contributed by atoms with Crippen LogP contribution < -0.4 is 4.90 Å².